The molecule has 10 nitrogen and oxygen atoms in total. The Balaban J connectivity index is 1.70. The van der Waals surface area contributed by atoms with Crippen molar-refractivity contribution in [2.75, 3.05) is 6.54 Å². The van der Waals surface area contributed by atoms with E-state index < -0.39 is 46.3 Å². The van der Waals surface area contributed by atoms with E-state index in [9.17, 15) is 27.9 Å². The second kappa shape index (κ2) is 13.2. The number of rotatable bonds is 12. The average Bonchev–Trinajstić information content (AvgIpc) is 3.36. The minimum atomic E-state index is -3.95. The molecule has 0 spiro atoms. The van der Waals surface area contributed by atoms with Crippen LogP contribution in [-0.2, 0) is 43.2 Å². The molecule has 3 rings (SSSR count). The molecule has 2 aromatic rings. The Morgan fingerprint density at radius 2 is 1.87 bits per heavy atom. The van der Waals surface area contributed by atoms with Gasteiger partial charge in [0.05, 0.1) is 18.1 Å². The fraction of sp³-hybridized carbons (Fsp3) is 0.423. The predicted octanol–water partition coefficient (Wildman–Crippen LogP) is 2.00. The lowest BCUT2D eigenvalue weighted by molar-refractivity contribution is -0.143. The molecule has 3 unspecified atom stereocenters. The Labute approximate surface area is 227 Å². The van der Waals surface area contributed by atoms with Crippen molar-refractivity contribution in [2.45, 2.75) is 57.1 Å². The Hall–Kier alpha value is -2.99. The summed E-state index contributed by atoms with van der Waals surface area (Å²) in [6, 6.07) is 11.7. The molecule has 0 aromatic heterocycles. The van der Waals surface area contributed by atoms with Crippen LogP contribution >= 0.6 is 11.6 Å². The highest BCUT2D eigenvalue weighted by Gasteiger charge is 2.39. The summed E-state index contributed by atoms with van der Waals surface area (Å²) in [5, 5.41) is 12.8. The van der Waals surface area contributed by atoms with Crippen molar-refractivity contribution in [1.29, 1.82) is 0 Å². The molecular weight excluding hydrogens is 532 g/mol. The number of halogens is 1. The van der Waals surface area contributed by atoms with Crippen LogP contribution in [0, 0.1) is 5.92 Å². The smallest absolute Gasteiger partial charge is 0.304 e. The zero-order valence-corrected chi connectivity index (χ0v) is 22.7. The zero-order valence-electron chi connectivity index (χ0n) is 21.1. The molecule has 5 N–H and O–H groups in total. The number of hydrogen-bond acceptors (Lipinski definition) is 6. The van der Waals surface area contributed by atoms with E-state index in [1.165, 1.54) is 11.8 Å². The van der Waals surface area contributed by atoms with Gasteiger partial charge in [0.25, 0.3) is 0 Å². The van der Waals surface area contributed by atoms with E-state index in [0.29, 0.717) is 30.0 Å². The highest BCUT2D eigenvalue weighted by molar-refractivity contribution is 7.88. The fourth-order valence-corrected chi connectivity index (χ4v) is 6.23. The van der Waals surface area contributed by atoms with Crippen LogP contribution < -0.4 is 15.8 Å². The number of nitrogens with one attached hydrogen (secondary N) is 2. The quantitative estimate of drug-likeness (QED) is 0.307. The first kappa shape index (κ1) is 29.6. The molecule has 3 atom stereocenters. The van der Waals surface area contributed by atoms with Gasteiger partial charge < -0.3 is 21.1 Å². The number of amides is 2. The van der Waals surface area contributed by atoms with Crippen LogP contribution in [0.2, 0.25) is 5.02 Å². The number of likely N-dealkylation sites (tertiary alicyclic amines) is 1. The van der Waals surface area contributed by atoms with Crippen LogP contribution in [0.25, 0.3) is 0 Å². The van der Waals surface area contributed by atoms with Gasteiger partial charge in [-0.2, -0.15) is 0 Å². The van der Waals surface area contributed by atoms with Gasteiger partial charge in [0, 0.05) is 30.7 Å². The second-order valence-corrected chi connectivity index (χ2v) is 11.6. The van der Waals surface area contributed by atoms with Crippen LogP contribution in [0.15, 0.2) is 48.5 Å². The first-order valence-electron chi connectivity index (χ1n) is 12.3. The van der Waals surface area contributed by atoms with Crippen LogP contribution in [0.1, 0.15) is 42.9 Å². The summed E-state index contributed by atoms with van der Waals surface area (Å²) in [5.41, 5.74) is 7.91. The molecule has 1 aliphatic heterocycles. The van der Waals surface area contributed by atoms with Crippen molar-refractivity contribution in [3.05, 3.63) is 70.2 Å². The van der Waals surface area contributed by atoms with Crippen molar-refractivity contribution >= 4 is 39.4 Å². The molecule has 0 saturated carbocycles. The number of carboxylic acid groups (broad SMARTS) is 1. The number of aliphatic carboxylic acids is 1. The lowest BCUT2D eigenvalue weighted by Crippen LogP contribution is -2.52. The third kappa shape index (κ3) is 8.00. The van der Waals surface area contributed by atoms with E-state index in [1.54, 1.807) is 48.5 Å². The summed E-state index contributed by atoms with van der Waals surface area (Å²) in [6.45, 7) is 2.25. The third-order valence-electron chi connectivity index (χ3n) is 6.60. The van der Waals surface area contributed by atoms with E-state index in [4.69, 9.17) is 17.3 Å². The monoisotopic (exact) mass is 564 g/mol. The van der Waals surface area contributed by atoms with Gasteiger partial charge in [0.15, 0.2) is 0 Å². The molecule has 206 valence electrons. The largest absolute Gasteiger partial charge is 0.481 e. The topological polar surface area (TPSA) is 159 Å². The molecule has 2 amide bonds. The Morgan fingerprint density at radius 1 is 1.16 bits per heavy atom. The van der Waals surface area contributed by atoms with Gasteiger partial charge in [-0.25, -0.2) is 13.1 Å². The Morgan fingerprint density at radius 3 is 2.53 bits per heavy atom. The molecular formula is C26H33ClN4O6S. The van der Waals surface area contributed by atoms with Gasteiger partial charge in [0.2, 0.25) is 21.8 Å². The van der Waals surface area contributed by atoms with Crippen molar-refractivity contribution in [3.63, 3.8) is 0 Å². The Bertz CT molecular complexity index is 1260. The van der Waals surface area contributed by atoms with Crippen LogP contribution in [-0.4, -0.2) is 54.8 Å². The lowest BCUT2D eigenvalue weighted by Gasteiger charge is -2.30. The van der Waals surface area contributed by atoms with Crippen molar-refractivity contribution in [2.24, 2.45) is 11.7 Å². The summed E-state index contributed by atoms with van der Waals surface area (Å²) in [4.78, 5) is 39.4. The molecule has 1 fully saturated rings. The van der Waals surface area contributed by atoms with Gasteiger partial charge >= 0.3 is 5.97 Å². The maximum Gasteiger partial charge on any atom is 0.304 e. The third-order valence-corrected chi connectivity index (χ3v) is 8.21. The molecule has 0 aliphatic carbocycles. The number of benzene rings is 2. The maximum atomic E-state index is 13.4. The average molecular weight is 565 g/mol. The number of carbonyl (C=O) groups is 3. The molecule has 1 aliphatic rings. The first-order chi connectivity index (χ1) is 18.0. The molecule has 38 heavy (non-hydrogen) atoms. The van der Waals surface area contributed by atoms with Crippen molar-refractivity contribution < 1.29 is 27.9 Å². The SMILES string of the molecule is CC(C(=O)N1CCCC1C(=O)NCc1cc(Cl)ccc1CN)C(CC(=O)O)NS(=O)(=O)Cc1ccccc1. The summed E-state index contributed by atoms with van der Waals surface area (Å²) in [6.07, 6.45) is 0.445. The summed E-state index contributed by atoms with van der Waals surface area (Å²) in [7, 11) is -3.95. The van der Waals surface area contributed by atoms with Crippen LogP contribution in [0.5, 0.6) is 0 Å². The van der Waals surface area contributed by atoms with Gasteiger partial charge in [-0.3, -0.25) is 14.4 Å². The standard InChI is InChI=1S/C26H33ClN4O6S/c1-17(22(13-24(32)33)30-38(36,37)16-18-6-3-2-4-7-18)26(35)31-11-5-8-23(31)25(34)29-15-20-12-21(27)10-9-19(20)14-28/h2-4,6-7,9-10,12,17,22-23,30H,5,8,11,13-16,28H2,1H3,(H,29,34)(H,32,33). The number of carbonyl (C=O) groups excluding carboxylic acids is 2. The fourth-order valence-electron chi connectivity index (χ4n) is 4.57. The van der Waals surface area contributed by atoms with Crippen molar-refractivity contribution in [1.82, 2.24) is 14.9 Å². The highest BCUT2D eigenvalue weighted by atomic mass is 35.5. The molecule has 1 heterocycles. The van der Waals surface area contributed by atoms with E-state index in [0.717, 1.165) is 11.1 Å². The maximum absolute atomic E-state index is 13.4. The molecule has 2 aromatic carbocycles. The molecule has 12 heteroatoms. The van der Waals surface area contributed by atoms with E-state index in [1.807, 2.05) is 0 Å². The normalized spacial score (nSPS) is 17.1. The molecule has 0 radical (unpaired) electrons. The van der Waals surface area contributed by atoms with Gasteiger partial charge in [-0.15, -0.1) is 0 Å². The summed E-state index contributed by atoms with van der Waals surface area (Å²) >= 11 is 6.08. The number of nitrogens with two attached hydrogens (primary N) is 1. The number of carboxylic acids is 1. The van der Waals surface area contributed by atoms with Crippen LogP contribution in [0.4, 0.5) is 0 Å². The minimum absolute atomic E-state index is 0.181. The zero-order chi connectivity index (χ0) is 27.9. The molecule has 1 saturated heterocycles. The van der Waals surface area contributed by atoms with Gasteiger partial charge in [0.1, 0.15) is 6.04 Å². The minimum Gasteiger partial charge on any atom is -0.481 e. The van der Waals surface area contributed by atoms with E-state index in [2.05, 4.69) is 10.0 Å². The second-order valence-electron chi connectivity index (χ2n) is 9.38. The summed E-state index contributed by atoms with van der Waals surface area (Å²) < 4.78 is 28.0. The van der Waals surface area contributed by atoms with Crippen LogP contribution in [0.3, 0.4) is 0 Å². The van der Waals surface area contributed by atoms with Gasteiger partial charge in [-0.05, 0) is 41.7 Å². The molecule has 0 bridgehead atoms. The van der Waals surface area contributed by atoms with Crippen molar-refractivity contribution in [3.8, 4) is 0 Å². The number of nitrogens with zero attached hydrogens (tertiary/aromatic N) is 1. The number of sulfonamides is 1. The van der Waals surface area contributed by atoms with E-state index in [-0.39, 0.29) is 24.7 Å². The summed E-state index contributed by atoms with van der Waals surface area (Å²) in [5.74, 6) is -3.45. The lowest BCUT2D eigenvalue weighted by atomic mass is 9.97. The Kier molecular flexibility index (Phi) is 10.3. The first-order valence-corrected chi connectivity index (χ1v) is 14.3. The number of hydrogen-bond donors (Lipinski definition) is 4. The predicted molar refractivity (Wildman–Crippen MR) is 143 cm³/mol. The van der Waals surface area contributed by atoms with E-state index >= 15 is 0 Å². The van der Waals surface area contributed by atoms with Gasteiger partial charge in [-0.1, -0.05) is 54.9 Å². The highest BCUT2D eigenvalue weighted by Crippen LogP contribution is 2.23.